The Bertz CT molecular complexity index is 142. The van der Waals surface area contributed by atoms with Crippen molar-refractivity contribution in [3.8, 4) is 0 Å². The molecule has 0 spiro atoms. The van der Waals surface area contributed by atoms with Crippen molar-refractivity contribution >= 4 is 7.82 Å². The van der Waals surface area contributed by atoms with Crippen molar-refractivity contribution in [3.05, 3.63) is 0 Å². The van der Waals surface area contributed by atoms with E-state index in [0.29, 0.717) is 0 Å². The van der Waals surface area contributed by atoms with Gasteiger partial charge in [0.25, 0.3) is 6.48 Å². The predicted octanol–water partition coefficient (Wildman–Crippen LogP) is -7.87. The molecule has 54 valence electrons. The van der Waals surface area contributed by atoms with Crippen LogP contribution in [0.1, 0.15) is 0 Å². The van der Waals surface area contributed by atoms with Gasteiger partial charge in [-0.2, -0.15) is 0 Å². The molecule has 0 saturated carbocycles. The van der Waals surface area contributed by atoms with Crippen LogP contribution in [0, 0.1) is 0 Å². The molecule has 0 aliphatic carbocycles. The predicted molar refractivity (Wildman–Crippen MR) is 19.5 cm³/mol. The Hall–Kier alpha value is 2.03. The largest absolute Gasteiger partial charge is 1.00 e. The zero-order valence-electron chi connectivity index (χ0n) is 6.18. The molecule has 0 aromatic carbocycles. The molecule has 0 atom stereocenters. The van der Waals surface area contributed by atoms with E-state index < -0.39 is 14.3 Å². The van der Waals surface area contributed by atoms with E-state index >= 15 is 0 Å². The Morgan fingerprint density at radius 3 is 1.91 bits per heavy atom. The van der Waals surface area contributed by atoms with Gasteiger partial charge in [0.05, 0.1) is 7.82 Å². The average molecular weight is 200 g/mol. The quantitative estimate of drug-likeness (QED) is 0.324. The summed E-state index contributed by atoms with van der Waals surface area (Å²) in [6, 6.07) is 0. The zero-order valence-corrected chi connectivity index (χ0v) is 11.1. The van der Waals surface area contributed by atoms with Gasteiger partial charge in [-0.3, -0.25) is 4.52 Å². The van der Waals surface area contributed by atoms with Gasteiger partial charge in [0.2, 0.25) is 0 Å². The third-order valence-corrected chi connectivity index (χ3v) is 1.05. The van der Waals surface area contributed by atoms with Crippen molar-refractivity contribution in [2.45, 2.75) is 6.48 Å². The monoisotopic (exact) mass is 200 g/mol. The molecule has 1 saturated heterocycles. The fourth-order valence-corrected chi connectivity index (χ4v) is 0.622. The topological polar surface area (TPSA) is 90.9 Å². The summed E-state index contributed by atoms with van der Waals surface area (Å²) in [5, 5.41) is 0. The van der Waals surface area contributed by atoms with Crippen LogP contribution in [0.4, 0.5) is 0 Å². The number of phosphoric acid groups is 1. The van der Waals surface area contributed by atoms with E-state index in [1.807, 2.05) is 0 Å². The first-order valence-corrected chi connectivity index (χ1v) is 3.48. The third kappa shape index (κ3) is 7.13. The van der Waals surface area contributed by atoms with E-state index in [1.54, 1.807) is 0 Å². The molecular weight excluding hydrogens is 197 g/mol. The van der Waals surface area contributed by atoms with Gasteiger partial charge in [-0.1, -0.05) is 0 Å². The van der Waals surface area contributed by atoms with E-state index in [-0.39, 0.29) is 65.9 Å². The molecule has 6 nitrogen and oxygen atoms in total. The van der Waals surface area contributed by atoms with E-state index in [1.165, 1.54) is 0 Å². The van der Waals surface area contributed by atoms with Gasteiger partial charge >= 0.3 is 59.1 Å². The van der Waals surface area contributed by atoms with Crippen LogP contribution in [-0.2, 0) is 18.6 Å². The molecule has 0 unspecified atom stereocenters. The first-order valence-electron chi connectivity index (χ1n) is 2.01. The van der Waals surface area contributed by atoms with Crippen molar-refractivity contribution < 1.29 is 87.5 Å². The first-order chi connectivity index (χ1) is 4.08. The molecule has 0 aromatic rings. The molecule has 0 N–H and O–H groups in total. The maximum Gasteiger partial charge on any atom is 1.00 e. The van der Waals surface area contributed by atoms with Crippen molar-refractivity contribution in [1.82, 2.24) is 0 Å². The van der Waals surface area contributed by atoms with Crippen molar-refractivity contribution in [3.63, 3.8) is 0 Å². The number of hydrogen-bond donors (Lipinski definition) is 0. The van der Waals surface area contributed by atoms with Gasteiger partial charge < -0.3 is 23.8 Å². The van der Waals surface area contributed by atoms with Crippen LogP contribution >= 0.6 is 7.82 Å². The molecule has 0 aromatic heterocycles. The first kappa shape index (κ1) is 15.5. The fraction of sp³-hybridized carbons (Fsp3) is 1.00. The summed E-state index contributed by atoms with van der Waals surface area (Å²) in [6.07, 6.45) is 0. The van der Waals surface area contributed by atoms with Gasteiger partial charge in [-0.15, -0.1) is 0 Å². The number of hydrogen-bond acceptors (Lipinski definition) is 6. The molecule has 0 amide bonds. The average Bonchev–Trinajstić information content (AvgIpc) is 1.53. The summed E-state index contributed by atoms with van der Waals surface area (Å²) in [6.45, 7) is -1.35. The zero-order chi connectivity index (χ0) is 6.91. The van der Waals surface area contributed by atoms with Crippen LogP contribution in [0.2, 0.25) is 0 Å². The molecule has 1 rings (SSSR count). The van der Waals surface area contributed by atoms with Crippen LogP contribution in [0.3, 0.4) is 0 Å². The third-order valence-electron chi connectivity index (χ3n) is 0.623. The minimum atomic E-state index is -4.94. The second-order valence-corrected chi connectivity index (χ2v) is 2.40. The maximum atomic E-state index is 9.72. The van der Waals surface area contributed by atoms with E-state index in [4.69, 9.17) is 0 Å². The molecule has 9 heteroatoms. The van der Waals surface area contributed by atoms with Crippen LogP contribution < -0.4 is 68.9 Å². The summed E-state index contributed by atoms with van der Waals surface area (Å²) in [5.41, 5.74) is 0. The summed E-state index contributed by atoms with van der Waals surface area (Å²) in [7, 11) is -4.94. The molecule has 1 fully saturated rings. The molecule has 1 aliphatic rings. The Morgan fingerprint density at radius 2 is 1.82 bits per heavy atom. The van der Waals surface area contributed by atoms with Crippen LogP contribution in [0.5, 0.6) is 0 Å². The summed E-state index contributed by atoms with van der Waals surface area (Å²) < 4.78 is 22.0. The van der Waals surface area contributed by atoms with Gasteiger partial charge in [0.1, 0.15) is 0 Å². The van der Waals surface area contributed by atoms with Crippen LogP contribution in [-0.4, -0.2) is 13.3 Å². The second kappa shape index (κ2) is 6.48. The summed E-state index contributed by atoms with van der Waals surface area (Å²) in [4.78, 5) is 19.4. The van der Waals surface area contributed by atoms with Gasteiger partial charge in [-0.25, -0.2) is 0 Å². The van der Waals surface area contributed by atoms with Crippen molar-refractivity contribution in [2.24, 2.45) is 0 Å². The van der Waals surface area contributed by atoms with Crippen molar-refractivity contribution in [2.75, 3.05) is 6.79 Å². The molecule has 11 heavy (non-hydrogen) atoms. The maximum absolute atomic E-state index is 9.72. The Balaban J connectivity index is 0. The fourth-order valence-electron chi connectivity index (χ4n) is 0.290. The number of phosphoric ester groups is 1. The van der Waals surface area contributed by atoms with Gasteiger partial charge in [0, 0.05) is 0 Å². The van der Waals surface area contributed by atoms with Crippen LogP contribution in [0.25, 0.3) is 0 Å². The Morgan fingerprint density at radius 1 is 1.36 bits per heavy atom. The summed E-state index contributed by atoms with van der Waals surface area (Å²) in [5.74, 6) is 0. The molecule has 1 aliphatic heterocycles. The number of ether oxygens (including phenoxy) is 2. The normalized spacial score (nSPS) is 17.6. The standard InChI is InChI=1S/C2H5O6P.2Na/c3-9(4,5)8-2-6-1-7-2;;/h2H,1H2,(H2,3,4,5);;/q;2*+1/p-2. The van der Waals surface area contributed by atoms with E-state index in [0.717, 1.165) is 0 Å². The molecule has 0 bridgehead atoms. The second-order valence-electron chi connectivity index (χ2n) is 1.29. The van der Waals surface area contributed by atoms with Crippen molar-refractivity contribution in [1.29, 1.82) is 0 Å². The summed E-state index contributed by atoms with van der Waals surface area (Å²) >= 11 is 0. The minimum Gasteiger partial charge on any atom is -0.790 e. The SMILES string of the molecule is O=P([O-])([O-])OC1OCO1.[Na+].[Na+]. The molecule has 0 radical (unpaired) electrons. The number of rotatable bonds is 2. The molecule has 1 heterocycles. The van der Waals surface area contributed by atoms with Gasteiger partial charge in [-0.05, 0) is 0 Å². The van der Waals surface area contributed by atoms with E-state index in [9.17, 15) is 14.4 Å². The van der Waals surface area contributed by atoms with Crippen LogP contribution in [0.15, 0.2) is 0 Å². The van der Waals surface area contributed by atoms with Gasteiger partial charge in [0.15, 0.2) is 6.79 Å². The Labute approximate surface area is 107 Å². The smallest absolute Gasteiger partial charge is 0.790 e. The Kier molecular flexibility index (Phi) is 9.13. The molecular formula is C2H3Na2O6P. The van der Waals surface area contributed by atoms with E-state index in [2.05, 4.69) is 14.0 Å². The minimum absolute atomic E-state index is 0.